The van der Waals surface area contributed by atoms with Crippen LogP contribution in [0.15, 0.2) is 83.4 Å². The molecule has 0 saturated carbocycles. The van der Waals surface area contributed by atoms with Gasteiger partial charge in [-0.05, 0) is 34.5 Å². The maximum Gasteiger partial charge on any atom is 0.231 e. The van der Waals surface area contributed by atoms with Crippen LogP contribution >= 0.6 is 0 Å². The largest absolute Gasteiger partial charge is 0.436 e. The minimum atomic E-state index is 0.403. The first-order valence-electron chi connectivity index (χ1n) is 8.39. The van der Waals surface area contributed by atoms with Crippen LogP contribution in [0.2, 0.25) is 0 Å². The molecule has 0 aliphatic heterocycles. The van der Waals surface area contributed by atoms with E-state index in [1.807, 2.05) is 48.5 Å². The summed E-state index contributed by atoms with van der Waals surface area (Å²) in [6.07, 6.45) is 1.79. The van der Waals surface area contributed by atoms with Crippen molar-refractivity contribution in [3.05, 3.63) is 79.0 Å². The molecule has 5 rings (SSSR count). The number of pyridine rings is 1. The predicted molar refractivity (Wildman–Crippen MR) is 105 cm³/mol. The van der Waals surface area contributed by atoms with Crippen molar-refractivity contribution in [3.8, 4) is 22.6 Å². The van der Waals surface area contributed by atoms with Crippen LogP contribution in [-0.2, 0) is 0 Å². The first kappa shape index (κ1) is 14.7. The summed E-state index contributed by atoms with van der Waals surface area (Å²) in [6.45, 7) is 0. The maximum atomic E-state index is 6.12. The fourth-order valence-electron chi connectivity index (χ4n) is 3.26. The molecule has 0 aliphatic carbocycles. The van der Waals surface area contributed by atoms with Gasteiger partial charge in [0.1, 0.15) is 11.3 Å². The highest BCUT2D eigenvalue weighted by molar-refractivity contribution is 5.97. The third kappa shape index (κ3) is 2.31. The number of benzene rings is 3. The average Bonchev–Trinajstić information content (AvgIpc) is 3.12. The van der Waals surface area contributed by atoms with Gasteiger partial charge in [0.2, 0.25) is 5.89 Å². The Kier molecular flexibility index (Phi) is 3.22. The summed E-state index contributed by atoms with van der Waals surface area (Å²) in [6, 6.07) is 24.2. The van der Waals surface area contributed by atoms with E-state index >= 15 is 0 Å². The van der Waals surface area contributed by atoms with Gasteiger partial charge in [-0.3, -0.25) is 0 Å². The Bertz CT molecular complexity index is 1220. The number of hydrogen-bond acceptors (Lipinski definition) is 4. The number of nitrogens with two attached hydrogens (primary N) is 1. The highest BCUT2D eigenvalue weighted by Gasteiger charge is 2.14. The second-order valence-electron chi connectivity index (χ2n) is 6.17. The van der Waals surface area contributed by atoms with Gasteiger partial charge >= 0.3 is 0 Å². The third-order valence-electron chi connectivity index (χ3n) is 4.54. The fraction of sp³-hybridized carbons (Fsp3) is 0. The molecular formula is C22H15N3O. The molecule has 4 nitrogen and oxygen atoms in total. The van der Waals surface area contributed by atoms with Crippen LogP contribution in [0.25, 0.3) is 44.5 Å². The van der Waals surface area contributed by atoms with Gasteiger partial charge in [0.25, 0.3) is 0 Å². The van der Waals surface area contributed by atoms with E-state index in [1.54, 1.807) is 6.20 Å². The predicted octanol–water partition coefficient (Wildman–Crippen LogP) is 5.29. The summed E-state index contributed by atoms with van der Waals surface area (Å²) in [7, 11) is 0. The normalized spacial score (nSPS) is 11.2. The molecule has 0 spiro atoms. The number of nitrogen functional groups attached to an aromatic ring is 1. The molecule has 2 aromatic heterocycles. The van der Waals surface area contributed by atoms with Crippen LogP contribution in [0.5, 0.6) is 0 Å². The van der Waals surface area contributed by atoms with Gasteiger partial charge in [-0.1, -0.05) is 54.6 Å². The summed E-state index contributed by atoms with van der Waals surface area (Å²) in [5, 5.41) is 2.36. The Labute approximate surface area is 149 Å². The second-order valence-corrected chi connectivity index (χ2v) is 6.17. The molecule has 0 radical (unpaired) electrons. The third-order valence-corrected chi connectivity index (χ3v) is 4.54. The van der Waals surface area contributed by atoms with Crippen molar-refractivity contribution < 1.29 is 4.42 Å². The molecule has 4 heteroatoms. The zero-order valence-electron chi connectivity index (χ0n) is 13.9. The Balaban J connectivity index is 1.71. The lowest BCUT2D eigenvalue weighted by atomic mass is 9.98. The van der Waals surface area contributed by atoms with Gasteiger partial charge in [-0.15, -0.1) is 0 Å². The number of anilines is 1. The summed E-state index contributed by atoms with van der Waals surface area (Å²) < 4.78 is 5.88. The molecular weight excluding hydrogens is 322 g/mol. The lowest BCUT2D eigenvalue weighted by molar-refractivity contribution is 0.620. The topological polar surface area (TPSA) is 64.9 Å². The molecule has 3 aromatic carbocycles. The van der Waals surface area contributed by atoms with E-state index < -0.39 is 0 Å². The van der Waals surface area contributed by atoms with Gasteiger partial charge in [-0.2, -0.15) is 0 Å². The molecule has 0 fully saturated rings. The number of hydrogen-bond donors (Lipinski definition) is 1. The number of para-hydroxylation sites is 2. The van der Waals surface area contributed by atoms with E-state index in [-0.39, 0.29) is 0 Å². The van der Waals surface area contributed by atoms with Gasteiger partial charge in [0, 0.05) is 11.8 Å². The van der Waals surface area contributed by atoms with Crippen molar-refractivity contribution in [2.75, 3.05) is 5.73 Å². The van der Waals surface area contributed by atoms with Crippen LogP contribution in [0.1, 0.15) is 0 Å². The van der Waals surface area contributed by atoms with Crippen LogP contribution in [0.3, 0.4) is 0 Å². The zero-order chi connectivity index (χ0) is 17.5. The Morgan fingerprint density at radius 2 is 1.62 bits per heavy atom. The molecule has 0 amide bonds. The van der Waals surface area contributed by atoms with E-state index in [4.69, 9.17) is 10.2 Å². The highest BCUT2D eigenvalue weighted by atomic mass is 16.3. The minimum absolute atomic E-state index is 0.403. The Morgan fingerprint density at radius 1 is 0.808 bits per heavy atom. The number of rotatable bonds is 2. The number of fused-ring (bicyclic) bond motifs is 2. The smallest absolute Gasteiger partial charge is 0.231 e. The lowest BCUT2D eigenvalue weighted by Gasteiger charge is -2.09. The lowest BCUT2D eigenvalue weighted by Crippen LogP contribution is -1.95. The average molecular weight is 337 g/mol. The number of aromatic nitrogens is 2. The summed E-state index contributed by atoms with van der Waals surface area (Å²) >= 11 is 0. The molecule has 5 aromatic rings. The summed E-state index contributed by atoms with van der Waals surface area (Å²) in [5.74, 6) is 0.888. The quantitative estimate of drug-likeness (QED) is 0.475. The van der Waals surface area contributed by atoms with Crippen LogP contribution < -0.4 is 5.73 Å². The van der Waals surface area contributed by atoms with Crippen LogP contribution in [-0.4, -0.2) is 9.97 Å². The standard InChI is InChI=1S/C22H15N3O/c23-21-18(22-25-19-10-3-4-11-20(19)26-22)12-15(13-24-21)17-9-5-7-14-6-1-2-8-16(14)17/h1-13H,(H2,23,24). The SMILES string of the molecule is Nc1ncc(-c2cccc3ccccc23)cc1-c1nc2ccccc2o1. The molecule has 0 bridgehead atoms. The molecule has 0 aliphatic rings. The van der Waals surface area contributed by atoms with Crippen LogP contribution in [0, 0.1) is 0 Å². The second kappa shape index (κ2) is 5.70. The van der Waals surface area contributed by atoms with Crippen molar-refractivity contribution in [1.29, 1.82) is 0 Å². The molecule has 124 valence electrons. The first-order chi connectivity index (χ1) is 12.8. The molecule has 0 unspecified atom stereocenters. The number of nitrogens with zero attached hydrogens (tertiary/aromatic N) is 2. The van der Waals surface area contributed by atoms with Crippen molar-refractivity contribution in [2.45, 2.75) is 0 Å². The molecule has 2 heterocycles. The Hall–Kier alpha value is -3.66. The van der Waals surface area contributed by atoms with Crippen molar-refractivity contribution in [2.24, 2.45) is 0 Å². The van der Waals surface area contributed by atoms with Gasteiger partial charge in [0.15, 0.2) is 5.58 Å². The summed E-state index contributed by atoms with van der Waals surface area (Å²) in [4.78, 5) is 8.94. The maximum absolute atomic E-state index is 6.12. The number of oxazole rings is 1. The van der Waals surface area contributed by atoms with Gasteiger partial charge in [-0.25, -0.2) is 9.97 Å². The minimum Gasteiger partial charge on any atom is -0.436 e. The van der Waals surface area contributed by atoms with Gasteiger partial charge < -0.3 is 10.2 Å². The molecule has 2 N–H and O–H groups in total. The zero-order valence-corrected chi connectivity index (χ0v) is 13.9. The molecule has 0 atom stereocenters. The van der Waals surface area contributed by atoms with E-state index in [2.05, 4.69) is 34.2 Å². The summed E-state index contributed by atoms with van der Waals surface area (Å²) in [5.41, 5.74) is 10.4. The van der Waals surface area contributed by atoms with E-state index in [0.717, 1.165) is 22.2 Å². The van der Waals surface area contributed by atoms with Gasteiger partial charge in [0.05, 0.1) is 5.56 Å². The van der Waals surface area contributed by atoms with Crippen LogP contribution in [0.4, 0.5) is 5.82 Å². The fourth-order valence-corrected chi connectivity index (χ4v) is 3.26. The van der Waals surface area contributed by atoms with E-state index in [9.17, 15) is 0 Å². The van der Waals surface area contributed by atoms with E-state index in [0.29, 0.717) is 17.3 Å². The molecule has 0 saturated heterocycles. The van der Waals surface area contributed by atoms with Crippen molar-refractivity contribution >= 4 is 27.7 Å². The molecule has 26 heavy (non-hydrogen) atoms. The first-order valence-corrected chi connectivity index (χ1v) is 8.39. The monoisotopic (exact) mass is 337 g/mol. The van der Waals surface area contributed by atoms with Crippen molar-refractivity contribution in [3.63, 3.8) is 0 Å². The van der Waals surface area contributed by atoms with Crippen molar-refractivity contribution in [1.82, 2.24) is 9.97 Å². The Morgan fingerprint density at radius 3 is 2.54 bits per heavy atom. The highest BCUT2D eigenvalue weighted by Crippen LogP contribution is 2.34. The van der Waals surface area contributed by atoms with E-state index in [1.165, 1.54) is 10.8 Å².